The summed E-state index contributed by atoms with van der Waals surface area (Å²) in [6.07, 6.45) is 5.77. The van der Waals surface area contributed by atoms with E-state index in [0.29, 0.717) is 19.3 Å². The van der Waals surface area contributed by atoms with Gasteiger partial charge in [-0.3, -0.25) is 0 Å². The van der Waals surface area contributed by atoms with Crippen LogP contribution in [0.4, 0.5) is 0 Å². The molecule has 6 nitrogen and oxygen atoms in total. The minimum atomic E-state index is -0.719. The van der Waals surface area contributed by atoms with E-state index in [1.165, 1.54) is 13.2 Å². The maximum Gasteiger partial charge on any atom is 0.330 e. The second-order valence-corrected chi connectivity index (χ2v) is 5.49. The predicted octanol–water partition coefficient (Wildman–Crippen LogP) is 1.09. The number of ether oxygens (including phenoxy) is 3. The van der Waals surface area contributed by atoms with Gasteiger partial charge >= 0.3 is 5.97 Å². The molecule has 2 heterocycles. The molecule has 0 aromatic rings. The van der Waals surface area contributed by atoms with Crippen LogP contribution in [0.25, 0.3) is 0 Å². The molecule has 2 fully saturated rings. The first-order valence-corrected chi connectivity index (χ1v) is 7.21. The van der Waals surface area contributed by atoms with Crippen molar-refractivity contribution in [1.29, 1.82) is 5.26 Å². The van der Waals surface area contributed by atoms with E-state index in [4.69, 9.17) is 14.7 Å². The van der Waals surface area contributed by atoms with Crippen LogP contribution in [0, 0.1) is 11.3 Å². The Morgan fingerprint density at radius 3 is 3.05 bits per heavy atom. The van der Waals surface area contributed by atoms with Crippen molar-refractivity contribution in [3.05, 3.63) is 12.2 Å². The van der Waals surface area contributed by atoms with Crippen LogP contribution in [0.3, 0.4) is 0 Å². The standard InChI is InChI=1S/C15H21NO5/c1-19-14(18)7-5-12-9-15(10-17)13(20-12)6-4-11(21-15)3-2-8-16/h5,7,11-13,17H,2-4,6,9-10H2,1H3/b7-5+/t11-,12-,13-,15?/m0/s1. The Kier molecular flexibility index (Phi) is 5.34. The number of aliphatic hydroxyl groups is 1. The molecule has 0 spiro atoms. The monoisotopic (exact) mass is 295 g/mol. The predicted molar refractivity (Wildman–Crippen MR) is 73.2 cm³/mol. The van der Waals surface area contributed by atoms with Crippen molar-refractivity contribution in [3.63, 3.8) is 0 Å². The van der Waals surface area contributed by atoms with Gasteiger partial charge in [0.2, 0.25) is 0 Å². The van der Waals surface area contributed by atoms with Crippen molar-refractivity contribution >= 4 is 5.97 Å². The minimum absolute atomic E-state index is 0.0139. The topological polar surface area (TPSA) is 88.8 Å². The molecule has 2 aliphatic heterocycles. The fourth-order valence-corrected chi connectivity index (χ4v) is 3.04. The second kappa shape index (κ2) is 7.03. The van der Waals surface area contributed by atoms with Crippen LogP contribution in [0.2, 0.25) is 0 Å². The fraction of sp³-hybridized carbons (Fsp3) is 0.733. The maximum atomic E-state index is 11.1. The number of carbonyl (C=O) groups excluding carboxylic acids is 1. The molecular weight excluding hydrogens is 274 g/mol. The number of hydrogen-bond donors (Lipinski definition) is 1. The molecule has 0 aliphatic carbocycles. The van der Waals surface area contributed by atoms with Gasteiger partial charge in [-0.25, -0.2) is 4.79 Å². The number of esters is 1. The molecule has 0 radical (unpaired) electrons. The molecule has 1 unspecified atom stereocenters. The van der Waals surface area contributed by atoms with Gasteiger partial charge in [0, 0.05) is 18.9 Å². The Bertz CT molecular complexity index is 444. The summed E-state index contributed by atoms with van der Waals surface area (Å²) in [5.41, 5.74) is -0.719. The van der Waals surface area contributed by atoms with Gasteiger partial charge in [0.1, 0.15) is 5.60 Å². The molecule has 0 saturated carbocycles. The highest BCUT2D eigenvalue weighted by Crippen LogP contribution is 2.42. The highest BCUT2D eigenvalue weighted by Gasteiger charge is 2.52. The lowest BCUT2D eigenvalue weighted by Crippen LogP contribution is -2.51. The van der Waals surface area contributed by atoms with Crippen molar-refractivity contribution in [2.75, 3.05) is 13.7 Å². The van der Waals surface area contributed by atoms with Crippen molar-refractivity contribution in [3.8, 4) is 6.07 Å². The third-order valence-corrected chi connectivity index (χ3v) is 4.12. The molecule has 0 aromatic carbocycles. The molecule has 6 heteroatoms. The summed E-state index contributed by atoms with van der Waals surface area (Å²) in [4.78, 5) is 11.1. The van der Waals surface area contributed by atoms with Crippen LogP contribution in [0.1, 0.15) is 32.1 Å². The van der Waals surface area contributed by atoms with Crippen LogP contribution >= 0.6 is 0 Å². The van der Waals surface area contributed by atoms with Gasteiger partial charge in [-0.2, -0.15) is 5.26 Å². The normalized spacial score (nSPS) is 35.4. The number of aliphatic hydroxyl groups excluding tert-OH is 1. The van der Waals surface area contributed by atoms with E-state index in [9.17, 15) is 9.90 Å². The molecular formula is C15H21NO5. The van der Waals surface area contributed by atoms with Gasteiger partial charge in [0.15, 0.2) is 0 Å². The molecule has 21 heavy (non-hydrogen) atoms. The van der Waals surface area contributed by atoms with Gasteiger partial charge in [-0.15, -0.1) is 0 Å². The fourth-order valence-electron chi connectivity index (χ4n) is 3.04. The third kappa shape index (κ3) is 3.62. The number of hydrogen-bond acceptors (Lipinski definition) is 6. The smallest absolute Gasteiger partial charge is 0.330 e. The first-order chi connectivity index (χ1) is 10.1. The van der Waals surface area contributed by atoms with E-state index in [0.717, 1.165) is 12.8 Å². The Hall–Kier alpha value is -1.42. The van der Waals surface area contributed by atoms with Gasteiger partial charge in [-0.05, 0) is 25.3 Å². The molecule has 0 aromatic heterocycles. The molecule has 2 rings (SSSR count). The van der Waals surface area contributed by atoms with Crippen molar-refractivity contribution in [2.45, 2.75) is 56.0 Å². The number of carbonyl (C=O) groups is 1. The van der Waals surface area contributed by atoms with E-state index in [2.05, 4.69) is 10.8 Å². The minimum Gasteiger partial charge on any atom is -0.466 e. The van der Waals surface area contributed by atoms with Crippen LogP contribution in [0.15, 0.2) is 12.2 Å². The van der Waals surface area contributed by atoms with E-state index >= 15 is 0 Å². The summed E-state index contributed by atoms with van der Waals surface area (Å²) in [7, 11) is 1.32. The molecule has 2 saturated heterocycles. The highest BCUT2D eigenvalue weighted by molar-refractivity contribution is 5.81. The first kappa shape index (κ1) is 16.0. The zero-order valence-corrected chi connectivity index (χ0v) is 12.2. The summed E-state index contributed by atoms with van der Waals surface area (Å²) >= 11 is 0. The average Bonchev–Trinajstić information content (AvgIpc) is 2.88. The van der Waals surface area contributed by atoms with Crippen LogP contribution in [0.5, 0.6) is 0 Å². The lowest BCUT2D eigenvalue weighted by atomic mass is 9.86. The summed E-state index contributed by atoms with van der Waals surface area (Å²) in [5, 5.41) is 18.4. The van der Waals surface area contributed by atoms with Crippen molar-refractivity contribution in [1.82, 2.24) is 0 Å². The van der Waals surface area contributed by atoms with Crippen molar-refractivity contribution in [2.24, 2.45) is 0 Å². The van der Waals surface area contributed by atoms with Crippen molar-refractivity contribution < 1.29 is 24.1 Å². The number of methoxy groups -OCH3 is 1. The summed E-state index contributed by atoms with van der Waals surface area (Å²) < 4.78 is 16.4. The lowest BCUT2D eigenvalue weighted by Gasteiger charge is -2.40. The Balaban J connectivity index is 2.00. The van der Waals surface area contributed by atoms with Crippen LogP contribution in [-0.4, -0.2) is 48.7 Å². The molecule has 0 bridgehead atoms. The van der Waals surface area contributed by atoms with Gasteiger partial charge in [0.05, 0.1) is 38.1 Å². The molecule has 2 aliphatic rings. The Labute approximate surface area is 124 Å². The largest absolute Gasteiger partial charge is 0.466 e. The number of rotatable bonds is 5. The quantitative estimate of drug-likeness (QED) is 0.603. The zero-order valence-electron chi connectivity index (χ0n) is 12.2. The summed E-state index contributed by atoms with van der Waals surface area (Å²) in [6, 6.07) is 2.12. The molecule has 1 N–H and O–H groups in total. The maximum absolute atomic E-state index is 11.1. The average molecular weight is 295 g/mol. The second-order valence-electron chi connectivity index (χ2n) is 5.49. The van der Waals surface area contributed by atoms with E-state index in [1.54, 1.807) is 6.08 Å². The van der Waals surface area contributed by atoms with Crippen LogP contribution < -0.4 is 0 Å². The molecule has 116 valence electrons. The SMILES string of the molecule is COC(=O)/C=C/[C@H]1CC2(CO)O[C@@H](CCC#N)CC[C@@H]2O1. The zero-order chi connectivity index (χ0) is 15.3. The highest BCUT2D eigenvalue weighted by atomic mass is 16.6. The van der Waals surface area contributed by atoms with Crippen LogP contribution in [-0.2, 0) is 19.0 Å². The first-order valence-electron chi connectivity index (χ1n) is 7.21. The number of fused-ring (bicyclic) bond motifs is 1. The summed E-state index contributed by atoms with van der Waals surface area (Å²) in [6.45, 7) is -0.122. The van der Waals surface area contributed by atoms with E-state index < -0.39 is 11.6 Å². The number of nitriles is 1. The third-order valence-electron chi connectivity index (χ3n) is 4.12. The Morgan fingerprint density at radius 2 is 2.38 bits per heavy atom. The van der Waals surface area contributed by atoms with Gasteiger partial charge < -0.3 is 19.3 Å². The van der Waals surface area contributed by atoms with Gasteiger partial charge in [-0.1, -0.05) is 0 Å². The lowest BCUT2D eigenvalue weighted by molar-refractivity contribution is -0.182. The summed E-state index contributed by atoms with van der Waals surface area (Å²) in [5.74, 6) is -0.431. The van der Waals surface area contributed by atoms with E-state index in [-0.39, 0.29) is 24.9 Å². The Morgan fingerprint density at radius 1 is 1.57 bits per heavy atom. The van der Waals surface area contributed by atoms with Gasteiger partial charge in [0.25, 0.3) is 0 Å². The number of nitrogens with zero attached hydrogens (tertiary/aromatic N) is 1. The molecule has 0 amide bonds. The van der Waals surface area contributed by atoms with E-state index in [1.807, 2.05) is 0 Å². The molecule has 4 atom stereocenters.